The second-order valence-corrected chi connectivity index (χ2v) is 9.31. The van der Waals surface area contributed by atoms with Gasteiger partial charge in [-0.05, 0) is 87.8 Å². The van der Waals surface area contributed by atoms with E-state index in [1.807, 2.05) is 61.7 Å². The first kappa shape index (κ1) is 28.3. The van der Waals surface area contributed by atoms with E-state index in [-0.39, 0.29) is 20.3 Å². The van der Waals surface area contributed by atoms with Gasteiger partial charge in [-0.15, -0.1) is 0 Å². The second-order valence-electron chi connectivity index (χ2n) is 7.54. The van der Waals surface area contributed by atoms with Crippen molar-refractivity contribution in [3.63, 3.8) is 0 Å². The number of nitrogens with one attached hydrogen (secondary N) is 1. The summed E-state index contributed by atoms with van der Waals surface area (Å²) < 4.78 is 11.9. The number of carbonyl (C=O) groups excluding carboxylic acids is 1. The van der Waals surface area contributed by atoms with Crippen LogP contribution < -0.4 is 24.2 Å². The largest absolute Gasteiger partial charge is 1.00 e. The van der Waals surface area contributed by atoms with Crippen LogP contribution >= 0.6 is 27.7 Å². The van der Waals surface area contributed by atoms with Gasteiger partial charge in [0.1, 0.15) is 18.4 Å². The zero-order chi connectivity index (χ0) is 23.8. The molecular formula is C25H27BrLiNO5S. The third-order valence-electron chi connectivity index (χ3n) is 5.12. The summed E-state index contributed by atoms with van der Waals surface area (Å²) in [7, 11) is 0. The second kappa shape index (κ2) is 13.8. The Balaban J connectivity index is 0.00000306. The SMILES string of the molecule is CSCC[C@H](NC(=O)c1ccc(COCc2ccc(Br)o2)cc1-c1ccccc1C)C(=O)O.[H-].[Li+]. The fourth-order valence-corrected chi connectivity index (χ4v) is 4.22. The fourth-order valence-electron chi connectivity index (χ4n) is 3.40. The number of aliphatic carboxylic acids is 1. The number of amides is 1. The maximum absolute atomic E-state index is 13.1. The maximum atomic E-state index is 13.1. The Morgan fingerprint density at radius 2 is 1.91 bits per heavy atom. The molecule has 2 aromatic carbocycles. The normalized spacial score (nSPS) is 11.5. The van der Waals surface area contributed by atoms with Crippen LogP contribution in [0.5, 0.6) is 0 Å². The van der Waals surface area contributed by atoms with Crippen molar-refractivity contribution in [2.24, 2.45) is 0 Å². The minimum atomic E-state index is -1.04. The fraction of sp³-hybridized carbons (Fsp3) is 0.280. The van der Waals surface area contributed by atoms with Crippen LogP contribution in [0.2, 0.25) is 0 Å². The molecule has 0 saturated carbocycles. The van der Waals surface area contributed by atoms with Gasteiger partial charge in [-0.2, -0.15) is 11.8 Å². The molecule has 2 N–H and O–H groups in total. The Labute approximate surface area is 225 Å². The van der Waals surface area contributed by atoms with Crippen LogP contribution in [0.4, 0.5) is 0 Å². The number of furan rings is 1. The van der Waals surface area contributed by atoms with E-state index in [9.17, 15) is 14.7 Å². The molecule has 0 fully saturated rings. The first-order valence-corrected chi connectivity index (χ1v) is 12.6. The summed E-state index contributed by atoms with van der Waals surface area (Å²) in [4.78, 5) is 24.7. The molecule has 0 unspecified atom stereocenters. The number of halogens is 1. The molecule has 0 radical (unpaired) electrons. The molecule has 0 bridgehead atoms. The van der Waals surface area contributed by atoms with Gasteiger partial charge in [0.05, 0.1) is 6.61 Å². The third kappa shape index (κ3) is 7.79. The molecule has 34 heavy (non-hydrogen) atoms. The van der Waals surface area contributed by atoms with Crippen LogP contribution in [-0.4, -0.2) is 35.0 Å². The molecule has 9 heteroatoms. The molecule has 3 aromatic rings. The molecule has 0 aliphatic carbocycles. The summed E-state index contributed by atoms with van der Waals surface area (Å²) >= 11 is 4.82. The van der Waals surface area contributed by atoms with Gasteiger partial charge < -0.3 is 21.0 Å². The Morgan fingerprint density at radius 3 is 2.56 bits per heavy atom. The van der Waals surface area contributed by atoms with Gasteiger partial charge in [-0.3, -0.25) is 4.79 Å². The average Bonchev–Trinajstić information content (AvgIpc) is 3.21. The quantitative estimate of drug-likeness (QED) is 0.364. The summed E-state index contributed by atoms with van der Waals surface area (Å²) in [5.74, 6) is -0.0919. The topological polar surface area (TPSA) is 88.8 Å². The molecular weight excluding hydrogens is 513 g/mol. The smallest absolute Gasteiger partial charge is 1.00 e. The van der Waals surface area contributed by atoms with Crippen molar-refractivity contribution in [2.45, 2.75) is 32.6 Å². The van der Waals surface area contributed by atoms with Crippen molar-refractivity contribution >= 4 is 39.6 Å². The van der Waals surface area contributed by atoms with E-state index in [0.717, 1.165) is 22.3 Å². The zero-order valence-corrected chi connectivity index (χ0v) is 21.9. The number of hydrogen-bond acceptors (Lipinski definition) is 5. The standard InChI is InChI=1S/C25H26BrNO5S.Li.H/c1-16-5-3-4-6-19(16)21-13-17(14-31-15-18-8-10-23(26)32-18)7-9-20(21)24(28)27-22(25(29)30)11-12-33-2;;/h3-10,13,22H,11-12,14-15H2,1-2H3,(H,27,28)(H,29,30);;/q;+1;-1/t22-;;/m0../s1. The van der Waals surface area contributed by atoms with Gasteiger partial charge in [0.15, 0.2) is 4.67 Å². The van der Waals surface area contributed by atoms with E-state index in [1.165, 1.54) is 0 Å². The summed E-state index contributed by atoms with van der Waals surface area (Å²) in [5.41, 5.74) is 3.99. The van der Waals surface area contributed by atoms with Crippen LogP contribution in [0, 0.1) is 6.92 Å². The van der Waals surface area contributed by atoms with Gasteiger partial charge >= 0.3 is 24.8 Å². The van der Waals surface area contributed by atoms with E-state index in [4.69, 9.17) is 9.15 Å². The number of ether oxygens (including phenoxy) is 1. The molecule has 0 aliphatic rings. The number of thioether (sulfide) groups is 1. The van der Waals surface area contributed by atoms with Gasteiger partial charge in [0.25, 0.3) is 5.91 Å². The van der Waals surface area contributed by atoms with E-state index in [1.54, 1.807) is 17.8 Å². The summed E-state index contributed by atoms with van der Waals surface area (Å²) in [6.07, 6.45) is 2.26. The zero-order valence-electron chi connectivity index (χ0n) is 20.5. The van der Waals surface area contributed by atoms with E-state index >= 15 is 0 Å². The Kier molecular flexibility index (Phi) is 11.5. The van der Waals surface area contributed by atoms with Crippen molar-refractivity contribution in [1.82, 2.24) is 5.32 Å². The minimum absolute atomic E-state index is 0. The first-order valence-electron chi connectivity index (χ1n) is 10.4. The summed E-state index contributed by atoms with van der Waals surface area (Å²) in [6.45, 7) is 2.64. The van der Waals surface area contributed by atoms with Crippen LogP contribution in [0.1, 0.15) is 35.1 Å². The van der Waals surface area contributed by atoms with Gasteiger partial charge in [0.2, 0.25) is 0 Å². The number of carboxylic acid groups (broad SMARTS) is 1. The molecule has 6 nitrogen and oxygen atoms in total. The Morgan fingerprint density at radius 1 is 1.15 bits per heavy atom. The van der Waals surface area contributed by atoms with Crippen molar-refractivity contribution in [1.29, 1.82) is 0 Å². The van der Waals surface area contributed by atoms with Crippen LogP contribution in [-0.2, 0) is 22.7 Å². The molecule has 0 spiro atoms. The van der Waals surface area contributed by atoms with Crippen LogP contribution in [0.15, 0.2) is 63.7 Å². The van der Waals surface area contributed by atoms with Gasteiger partial charge in [0, 0.05) is 5.56 Å². The van der Waals surface area contributed by atoms with E-state index in [2.05, 4.69) is 21.2 Å². The molecule has 1 atom stereocenters. The summed E-state index contributed by atoms with van der Waals surface area (Å²) in [5, 5.41) is 12.2. The predicted octanol–water partition coefficient (Wildman–Crippen LogP) is 2.79. The van der Waals surface area contributed by atoms with Gasteiger partial charge in [-0.1, -0.05) is 30.3 Å². The Hall–Kier alpha value is -1.95. The molecule has 1 aromatic heterocycles. The summed E-state index contributed by atoms with van der Waals surface area (Å²) in [6, 6.07) is 16.0. The molecule has 0 aliphatic heterocycles. The van der Waals surface area contributed by atoms with Crippen molar-refractivity contribution in [3.05, 3.63) is 81.7 Å². The predicted molar refractivity (Wildman–Crippen MR) is 135 cm³/mol. The van der Waals surface area contributed by atoms with Crippen LogP contribution in [0.3, 0.4) is 0 Å². The molecule has 1 heterocycles. The number of rotatable bonds is 11. The van der Waals surface area contributed by atoms with Crippen molar-refractivity contribution < 1.29 is 44.1 Å². The van der Waals surface area contributed by atoms with Crippen molar-refractivity contribution in [3.8, 4) is 11.1 Å². The molecule has 176 valence electrons. The number of carbonyl (C=O) groups is 2. The maximum Gasteiger partial charge on any atom is 1.00 e. The monoisotopic (exact) mass is 539 g/mol. The van der Waals surface area contributed by atoms with E-state index in [0.29, 0.717) is 41.4 Å². The number of benzene rings is 2. The average molecular weight is 540 g/mol. The number of aryl methyl sites for hydroxylation is 1. The molecule has 3 rings (SSSR count). The van der Waals surface area contributed by atoms with Crippen molar-refractivity contribution in [2.75, 3.05) is 12.0 Å². The minimum Gasteiger partial charge on any atom is -1.00 e. The van der Waals surface area contributed by atoms with Gasteiger partial charge in [-0.25, -0.2) is 4.79 Å². The first-order chi connectivity index (χ1) is 15.9. The van der Waals surface area contributed by atoms with Crippen LogP contribution in [0.25, 0.3) is 11.1 Å². The van der Waals surface area contributed by atoms with E-state index < -0.39 is 17.9 Å². The Bertz CT molecular complexity index is 1130. The molecule has 1 amide bonds. The number of carboxylic acids is 1. The third-order valence-corrected chi connectivity index (χ3v) is 6.19. The molecule has 0 saturated heterocycles. The number of hydrogen-bond donors (Lipinski definition) is 2.